The molecule has 0 spiro atoms. The van der Waals surface area contributed by atoms with Crippen LogP contribution in [0.15, 0.2) is 54.6 Å². The van der Waals surface area contributed by atoms with E-state index < -0.39 is 15.9 Å². The standard InChI is InChI=1S/C21H20N6O4S/c1-3-31-15-11-9-13(10-12-15)19-23-16(18(22)28)17-20(25-19)27(14-7-5-4-6-8-14)21(24-17)26-32(2,29)30/h4-12H,3H2,1-2H3,(H2,22,28)(H,24,26). The maximum Gasteiger partial charge on any atom is 0.269 e. The van der Waals surface area contributed by atoms with Gasteiger partial charge in [0.15, 0.2) is 17.2 Å². The number of sulfonamides is 1. The number of ether oxygens (including phenoxy) is 1. The molecule has 32 heavy (non-hydrogen) atoms. The zero-order valence-corrected chi connectivity index (χ0v) is 18.1. The van der Waals surface area contributed by atoms with Crippen LogP contribution in [0.5, 0.6) is 5.75 Å². The Morgan fingerprint density at radius 2 is 1.75 bits per heavy atom. The van der Waals surface area contributed by atoms with E-state index in [9.17, 15) is 13.2 Å². The van der Waals surface area contributed by atoms with E-state index >= 15 is 0 Å². The topological polar surface area (TPSA) is 142 Å². The Kier molecular flexibility index (Phi) is 5.49. The lowest BCUT2D eigenvalue weighted by atomic mass is 10.2. The van der Waals surface area contributed by atoms with Gasteiger partial charge in [0, 0.05) is 5.56 Å². The number of imidazole rings is 1. The summed E-state index contributed by atoms with van der Waals surface area (Å²) >= 11 is 0. The normalized spacial score (nSPS) is 11.4. The molecule has 2 aromatic heterocycles. The molecule has 0 atom stereocenters. The number of benzene rings is 2. The fourth-order valence-corrected chi connectivity index (χ4v) is 3.65. The van der Waals surface area contributed by atoms with E-state index in [4.69, 9.17) is 10.5 Å². The third-order valence-electron chi connectivity index (χ3n) is 4.45. The predicted octanol–water partition coefficient (Wildman–Crippen LogP) is 2.35. The van der Waals surface area contributed by atoms with Crippen LogP contribution >= 0.6 is 0 Å². The first-order valence-electron chi connectivity index (χ1n) is 9.63. The van der Waals surface area contributed by atoms with E-state index in [-0.39, 0.29) is 28.6 Å². The Morgan fingerprint density at radius 1 is 1.06 bits per heavy atom. The summed E-state index contributed by atoms with van der Waals surface area (Å²) in [5.41, 5.74) is 6.99. The van der Waals surface area contributed by atoms with Gasteiger partial charge in [0.1, 0.15) is 11.3 Å². The van der Waals surface area contributed by atoms with Crippen molar-refractivity contribution in [3.63, 3.8) is 0 Å². The Balaban J connectivity index is 2.00. The largest absolute Gasteiger partial charge is 0.494 e. The quantitative estimate of drug-likeness (QED) is 0.438. The summed E-state index contributed by atoms with van der Waals surface area (Å²) in [6, 6.07) is 16.0. The summed E-state index contributed by atoms with van der Waals surface area (Å²) in [6.07, 6.45) is 1.01. The molecule has 2 heterocycles. The van der Waals surface area contributed by atoms with E-state index in [0.29, 0.717) is 23.6 Å². The minimum atomic E-state index is -3.67. The number of hydrogen-bond donors (Lipinski definition) is 2. The van der Waals surface area contributed by atoms with Gasteiger partial charge in [-0.15, -0.1) is 0 Å². The van der Waals surface area contributed by atoms with Gasteiger partial charge in [-0.1, -0.05) is 18.2 Å². The Labute approximate surface area is 184 Å². The van der Waals surface area contributed by atoms with Gasteiger partial charge in [-0.3, -0.25) is 14.1 Å². The lowest BCUT2D eigenvalue weighted by Gasteiger charge is -2.10. The molecule has 0 fully saturated rings. The third-order valence-corrected chi connectivity index (χ3v) is 5.01. The van der Waals surface area contributed by atoms with E-state index in [0.717, 1.165) is 6.26 Å². The highest BCUT2D eigenvalue weighted by atomic mass is 32.2. The molecule has 164 valence electrons. The molecule has 2 aromatic carbocycles. The van der Waals surface area contributed by atoms with Crippen molar-refractivity contribution < 1.29 is 17.9 Å². The fraction of sp³-hybridized carbons (Fsp3) is 0.143. The van der Waals surface area contributed by atoms with Crippen LogP contribution in [0.25, 0.3) is 28.2 Å². The highest BCUT2D eigenvalue weighted by Gasteiger charge is 2.23. The van der Waals surface area contributed by atoms with Crippen LogP contribution in [0, 0.1) is 0 Å². The number of para-hydroxylation sites is 1. The number of hydrogen-bond acceptors (Lipinski definition) is 7. The number of fused-ring (bicyclic) bond motifs is 1. The number of nitrogens with one attached hydrogen (secondary N) is 1. The average Bonchev–Trinajstić information content (AvgIpc) is 3.10. The summed E-state index contributed by atoms with van der Waals surface area (Å²) in [4.78, 5) is 25.4. The first kappa shape index (κ1) is 21.2. The van der Waals surface area contributed by atoms with Crippen molar-refractivity contribution in [1.29, 1.82) is 0 Å². The molecule has 0 radical (unpaired) electrons. The van der Waals surface area contributed by atoms with Crippen molar-refractivity contribution in [3.05, 3.63) is 60.3 Å². The fourth-order valence-electron chi connectivity index (χ4n) is 3.18. The second-order valence-electron chi connectivity index (χ2n) is 6.87. The van der Waals surface area contributed by atoms with Gasteiger partial charge in [0.2, 0.25) is 16.0 Å². The summed E-state index contributed by atoms with van der Waals surface area (Å²) in [6.45, 7) is 2.41. The van der Waals surface area contributed by atoms with E-state index in [2.05, 4.69) is 19.7 Å². The van der Waals surface area contributed by atoms with Crippen molar-refractivity contribution in [2.45, 2.75) is 6.92 Å². The maximum atomic E-state index is 12.2. The maximum absolute atomic E-state index is 12.2. The molecule has 4 rings (SSSR count). The number of amides is 1. The van der Waals surface area contributed by atoms with Gasteiger partial charge in [0.05, 0.1) is 18.6 Å². The molecule has 1 amide bonds. The van der Waals surface area contributed by atoms with Crippen molar-refractivity contribution in [2.75, 3.05) is 17.6 Å². The van der Waals surface area contributed by atoms with Gasteiger partial charge in [-0.25, -0.2) is 23.4 Å². The lowest BCUT2D eigenvalue weighted by molar-refractivity contribution is 0.0997. The first-order chi connectivity index (χ1) is 15.3. The molecular weight excluding hydrogens is 432 g/mol. The van der Waals surface area contributed by atoms with Crippen molar-refractivity contribution >= 4 is 33.0 Å². The van der Waals surface area contributed by atoms with Crippen molar-refractivity contribution in [2.24, 2.45) is 5.73 Å². The van der Waals surface area contributed by atoms with E-state index in [1.807, 2.05) is 13.0 Å². The number of anilines is 1. The van der Waals surface area contributed by atoms with Crippen LogP contribution < -0.4 is 15.2 Å². The second-order valence-corrected chi connectivity index (χ2v) is 8.62. The summed E-state index contributed by atoms with van der Waals surface area (Å²) in [7, 11) is -3.67. The molecule has 0 bridgehead atoms. The number of aromatic nitrogens is 4. The second kappa shape index (κ2) is 8.27. The summed E-state index contributed by atoms with van der Waals surface area (Å²) in [5, 5.41) is 0. The Hall–Kier alpha value is -3.99. The van der Waals surface area contributed by atoms with Crippen molar-refractivity contribution in [1.82, 2.24) is 19.5 Å². The van der Waals surface area contributed by atoms with Crippen LogP contribution in [-0.4, -0.2) is 46.7 Å². The average molecular weight is 452 g/mol. The van der Waals surface area contributed by atoms with Crippen LogP contribution in [0.2, 0.25) is 0 Å². The van der Waals surface area contributed by atoms with Crippen LogP contribution in [-0.2, 0) is 10.0 Å². The highest BCUT2D eigenvalue weighted by Crippen LogP contribution is 2.28. The Bertz CT molecular complexity index is 1400. The highest BCUT2D eigenvalue weighted by molar-refractivity contribution is 7.92. The zero-order valence-electron chi connectivity index (χ0n) is 17.3. The lowest BCUT2D eigenvalue weighted by Crippen LogP contribution is -2.15. The van der Waals surface area contributed by atoms with Crippen LogP contribution in [0.4, 0.5) is 5.95 Å². The summed E-state index contributed by atoms with van der Waals surface area (Å²) in [5.74, 6) is 0.0706. The molecule has 11 heteroatoms. The number of nitrogens with zero attached hydrogens (tertiary/aromatic N) is 4. The van der Waals surface area contributed by atoms with Gasteiger partial charge < -0.3 is 10.5 Å². The number of nitrogens with two attached hydrogens (primary N) is 1. The SMILES string of the molecule is CCOc1ccc(-c2nc(C(N)=O)c3nc(NS(C)(=O)=O)n(-c4ccccc4)c3n2)cc1. The monoisotopic (exact) mass is 452 g/mol. The predicted molar refractivity (Wildman–Crippen MR) is 120 cm³/mol. The summed E-state index contributed by atoms with van der Waals surface area (Å²) < 4.78 is 33.2. The minimum absolute atomic E-state index is 0.0330. The van der Waals surface area contributed by atoms with Crippen LogP contribution in [0.3, 0.4) is 0 Å². The molecule has 0 unspecified atom stereocenters. The third kappa shape index (κ3) is 4.23. The number of carbonyl (C=O) groups excluding carboxylic acids is 1. The van der Waals surface area contributed by atoms with Gasteiger partial charge in [-0.2, -0.15) is 0 Å². The molecule has 3 N–H and O–H groups in total. The van der Waals surface area contributed by atoms with Crippen LogP contribution in [0.1, 0.15) is 17.4 Å². The van der Waals surface area contributed by atoms with E-state index in [1.165, 1.54) is 4.57 Å². The van der Waals surface area contributed by atoms with E-state index in [1.54, 1.807) is 48.5 Å². The molecule has 0 saturated heterocycles. The molecule has 10 nitrogen and oxygen atoms in total. The zero-order chi connectivity index (χ0) is 22.9. The molecule has 0 aliphatic carbocycles. The number of carbonyl (C=O) groups is 1. The molecule has 0 saturated carbocycles. The Morgan fingerprint density at radius 3 is 2.34 bits per heavy atom. The van der Waals surface area contributed by atoms with Gasteiger partial charge in [0.25, 0.3) is 5.91 Å². The molecule has 0 aliphatic heterocycles. The number of rotatable bonds is 7. The molecule has 0 aliphatic rings. The number of primary amides is 1. The molecular formula is C21H20N6O4S. The smallest absolute Gasteiger partial charge is 0.269 e. The van der Waals surface area contributed by atoms with Gasteiger partial charge in [-0.05, 0) is 43.3 Å². The minimum Gasteiger partial charge on any atom is -0.494 e. The first-order valence-corrected chi connectivity index (χ1v) is 11.5. The molecule has 4 aromatic rings. The van der Waals surface area contributed by atoms with Gasteiger partial charge >= 0.3 is 0 Å². The van der Waals surface area contributed by atoms with Crippen molar-refractivity contribution in [3.8, 4) is 22.8 Å².